The average Bonchev–Trinajstić information content (AvgIpc) is 2.53. The van der Waals surface area contributed by atoms with Gasteiger partial charge < -0.3 is 10.1 Å². The number of benzene rings is 2. The number of para-hydroxylation sites is 1. The summed E-state index contributed by atoms with van der Waals surface area (Å²) in [6, 6.07) is 12.5. The van der Waals surface area contributed by atoms with Crippen LogP contribution in [-0.4, -0.2) is 29.6 Å². The molecule has 1 N–H and O–H groups in total. The Hall–Kier alpha value is -2.54. The fraction of sp³-hybridized carbons (Fsp3) is 0.278. The second-order valence-corrected chi connectivity index (χ2v) is 6.35. The Balaban J connectivity index is 1.48. The Morgan fingerprint density at radius 2 is 1.76 bits per heavy atom. The molecular weight excluding hydrogens is 333 g/mol. The number of halogens is 3. The summed E-state index contributed by atoms with van der Waals surface area (Å²) in [5, 5.41) is 2.82. The number of nitrogens with zero attached hydrogens (tertiary/aromatic N) is 1. The molecule has 2 aromatic carbocycles. The van der Waals surface area contributed by atoms with E-state index < -0.39 is 17.5 Å². The molecule has 0 aromatic heterocycles. The number of carbonyl (C=O) groups is 1. The normalized spacial score (nSPS) is 18.9. The summed E-state index contributed by atoms with van der Waals surface area (Å²) in [6.07, 6.45) is -4.38. The van der Waals surface area contributed by atoms with Crippen molar-refractivity contribution < 1.29 is 22.7 Å². The van der Waals surface area contributed by atoms with Gasteiger partial charge in [0.25, 0.3) is 5.91 Å². The van der Waals surface area contributed by atoms with Gasteiger partial charge in [-0.3, -0.25) is 9.69 Å². The monoisotopic (exact) mass is 348 g/mol. The van der Waals surface area contributed by atoms with Gasteiger partial charge in [0.2, 0.25) is 5.72 Å². The Bertz CT molecular complexity index is 829. The third-order valence-electron chi connectivity index (χ3n) is 4.45. The van der Waals surface area contributed by atoms with E-state index >= 15 is 0 Å². The van der Waals surface area contributed by atoms with Gasteiger partial charge in [-0.1, -0.05) is 30.3 Å². The molecule has 2 heterocycles. The molecule has 0 aliphatic carbocycles. The van der Waals surface area contributed by atoms with Crippen LogP contribution in [-0.2, 0) is 12.7 Å². The lowest BCUT2D eigenvalue weighted by atomic mass is 9.97. The molecule has 4 rings (SSSR count). The lowest BCUT2D eigenvalue weighted by Crippen LogP contribution is -2.74. The van der Waals surface area contributed by atoms with Crippen molar-refractivity contribution >= 4 is 5.91 Å². The van der Waals surface area contributed by atoms with Crippen LogP contribution in [0.4, 0.5) is 13.2 Å². The second-order valence-electron chi connectivity index (χ2n) is 6.35. The Morgan fingerprint density at radius 1 is 1.08 bits per heavy atom. The van der Waals surface area contributed by atoms with Crippen LogP contribution in [0.3, 0.4) is 0 Å². The van der Waals surface area contributed by atoms with Gasteiger partial charge in [-0.2, -0.15) is 13.2 Å². The molecule has 25 heavy (non-hydrogen) atoms. The van der Waals surface area contributed by atoms with Gasteiger partial charge in [0.15, 0.2) is 0 Å². The lowest BCUT2D eigenvalue weighted by molar-refractivity contribution is -0.139. The first-order valence-electron chi connectivity index (χ1n) is 7.84. The first-order chi connectivity index (χ1) is 11.9. The number of carbonyl (C=O) groups excluding carboxylic acids is 1. The van der Waals surface area contributed by atoms with E-state index in [0.29, 0.717) is 24.4 Å². The van der Waals surface area contributed by atoms with Crippen molar-refractivity contribution in [2.24, 2.45) is 0 Å². The number of hydrogen-bond acceptors (Lipinski definition) is 3. The zero-order chi connectivity index (χ0) is 17.7. The molecule has 4 nitrogen and oxygen atoms in total. The van der Waals surface area contributed by atoms with Crippen LogP contribution >= 0.6 is 0 Å². The fourth-order valence-electron chi connectivity index (χ4n) is 3.36. The zero-order valence-electron chi connectivity index (χ0n) is 13.1. The first-order valence-corrected chi connectivity index (χ1v) is 7.84. The predicted molar refractivity (Wildman–Crippen MR) is 84.0 cm³/mol. The van der Waals surface area contributed by atoms with Gasteiger partial charge in [-0.25, -0.2) is 0 Å². The van der Waals surface area contributed by atoms with Crippen LogP contribution in [0.25, 0.3) is 0 Å². The molecule has 0 radical (unpaired) electrons. The van der Waals surface area contributed by atoms with Gasteiger partial charge in [-0.05, 0) is 23.8 Å². The van der Waals surface area contributed by atoms with Gasteiger partial charge in [0.05, 0.1) is 24.2 Å². The first kappa shape index (κ1) is 16.0. The van der Waals surface area contributed by atoms with Crippen molar-refractivity contribution in [3.8, 4) is 5.75 Å². The topological polar surface area (TPSA) is 41.6 Å². The number of hydrogen-bond donors (Lipinski definition) is 1. The van der Waals surface area contributed by atoms with Crippen LogP contribution < -0.4 is 10.1 Å². The molecule has 0 saturated carbocycles. The highest BCUT2D eigenvalue weighted by Gasteiger charge is 2.50. The van der Waals surface area contributed by atoms with E-state index in [0.717, 1.165) is 6.07 Å². The van der Waals surface area contributed by atoms with Crippen molar-refractivity contribution in [2.75, 3.05) is 13.1 Å². The number of ether oxygens (including phenoxy) is 1. The Kier molecular flexibility index (Phi) is 3.50. The third kappa shape index (κ3) is 2.84. The molecule has 2 aliphatic rings. The summed E-state index contributed by atoms with van der Waals surface area (Å²) >= 11 is 0. The minimum Gasteiger partial charge on any atom is -0.464 e. The predicted octanol–water partition coefficient (Wildman–Crippen LogP) is 3.04. The maximum atomic E-state index is 13.1. The fourth-order valence-corrected chi connectivity index (χ4v) is 3.36. The molecule has 2 aromatic rings. The highest BCUT2D eigenvalue weighted by atomic mass is 19.4. The van der Waals surface area contributed by atoms with E-state index in [1.165, 1.54) is 12.1 Å². The molecule has 1 spiro atoms. The summed E-state index contributed by atoms with van der Waals surface area (Å²) in [4.78, 5) is 14.0. The van der Waals surface area contributed by atoms with Gasteiger partial charge in [0.1, 0.15) is 5.75 Å². The van der Waals surface area contributed by atoms with Crippen molar-refractivity contribution in [1.29, 1.82) is 0 Å². The van der Waals surface area contributed by atoms with Crippen LogP contribution in [0.15, 0.2) is 48.5 Å². The average molecular weight is 348 g/mol. The number of likely N-dealkylation sites (tertiary alicyclic amines) is 1. The second kappa shape index (κ2) is 5.49. The van der Waals surface area contributed by atoms with E-state index in [1.807, 2.05) is 4.90 Å². The van der Waals surface area contributed by atoms with E-state index in [9.17, 15) is 18.0 Å². The molecule has 7 heteroatoms. The maximum absolute atomic E-state index is 13.1. The largest absolute Gasteiger partial charge is 0.464 e. The lowest BCUT2D eigenvalue weighted by Gasteiger charge is -2.51. The number of fused-ring (bicyclic) bond motifs is 1. The minimum absolute atomic E-state index is 0.151. The van der Waals surface area contributed by atoms with Crippen LogP contribution in [0.1, 0.15) is 21.5 Å². The van der Waals surface area contributed by atoms with Crippen LogP contribution in [0, 0.1) is 0 Å². The van der Waals surface area contributed by atoms with E-state index in [2.05, 4.69) is 5.32 Å². The van der Waals surface area contributed by atoms with E-state index in [4.69, 9.17) is 4.74 Å². The van der Waals surface area contributed by atoms with Crippen molar-refractivity contribution in [1.82, 2.24) is 10.2 Å². The van der Waals surface area contributed by atoms with Gasteiger partial charge in [-0.15, -0.1) is 0 Å². The number of amides is 1. The van der Waals surface area contributed by atoms with E-state index in [1.54, 1.807) is 30.3 Å². The molecule has 0 bridgehead atoms. The van der Waals surface area contributed by atoms with Gasteiger partial charge >= 0.3 is 6.18 Å². The summed E-state index contributed by atoms with van der Waals surface area (Å²) in [7, 11) is 0. The summed E-state index contributed by atoms with van der Waals surface area (Å²) in [6.45, 7) is 0.816. The molecule has 2 aliphatic heterocycles. The molecule has 1 fully saturated rings. The van der Waals surface area contributed by atoms with Crippen LogP contribution in [0.2, 0.25) is 0 Å². The third-order valence-corrected chi connectivity index (χ3v) is 4.45. The zero-order valence-corrected chi connectivity index (χ0v) is 13.1. The van der Waals surface area contributed by atoms with Crippen molar-refractivity contribution in [3.63, 3.8) is 0 Å². The minimum atomic E-state index is -4.38. The molecule has 0 atom stereocenters. The molecule has 1 amide bonds. The quantitative estimate of drug-likeness (QED) is 0.907. The Morgan fingerprint density at radius 3 is 2.52 bits per heavy atom. The highest BCUT2D eigenvalue weighted by molar-refractivity contribution is 5.98. The SMILES string of the molecule is O=C1NC2(CN(Cc3ccccc3C(F)(F)F)C2)Oc2ccccc21. The molecule has 1 saturated heterocycles. The smallest absolute Gasteiger partial charge is 0.416 e. The number of alkyl halides is 3. The maximum Gasteiger partial charge on any atom is 0.416 e. The molecule has 130 valence electrons. The summed E-state index contributed by atoms with van der Waals surface area (Å²) < 4.78 is 45.2. The van der Waals surface area contributed by atoms with Crippen molar-refractivity contribution in [2.45, 2.75) is 18.4 Å². The number of nitrogens with one attached hydrogen (secondary N) is 1. The van der Waals surface area contributed by atoms with Crippen molar-refractivity contribution in [3.05, 3.63) is 65.2 Å². The number of rotatable bonds is 2. The molecule has 0 unspecified atom stereocenters. The Labute approximate surface area is 142 Å². The van der Waals surface area contributed by atoms with E-state index in [-0.39, 0.29) is 18.0 Å². The summed E-state index contributed by atoms with van der Waals surface area (Å²) in [5.74, 6) is 0.277. The highest BCUT2D eigenvalue weighted by Crippen LogP contribution is 2.36. The molecular formula is C18H15F3N2O2. The van der Waals surface area contributed by atoms with Crippen LogP contribution in [0.5, 0.6) is 5.75 Å². The summed E-state index contributed by atoms with van der Waals surface area (Å²) in [5.41, 5.74) is -0.810. The standard InChI is InChI=1S/C18H15F3N2O2/c19-18(20,21)14-7-3-1-5-12(14)9-23-10-17(11-23)22-16(24)13-6-2-4-8-15(13)25-17/h1-8H,9-11H2,(H,22,24). The van der Waals surface area contributed by atoms with Gasteiger partial charge in [0, 0.05) is 6.54 Å².